The molecule has 1 rings (SSSR count). The van der Waals surface area contributed by atoms with Crippen LogP contribution in [0.25, 0.3) is 0 Å². The minimum atomic E-state index is -1.42. The maximum atomic E-state index is 10.8. The van der Waals surface area contributed by atoms with Crippen LogP contribution in [0.3, 0.4) is 0 Å². The lowest BCUT2D eigenvalue weighted by molar-refractivity contribution is 0.0622. The monoisotopic (exact) mass is 255 g/mol. The third-order valence-electron chi connectivity index (χ3n) is 3.03. The van der Waals surface area contributed by atoms with Crippen LogP contribution < -0.4 is 0 Å². The Morgan fingerprint density at radius 1 is 1.28 bits per heavy atom. The molecule has 0 aliphatic carbocycles. The molecule has 0 aliphatic heterocycles. The molecule has 0 radical (unpaired) electrons. The van der Waals surface area contributed by atoms with Crippen LogP contribution in [-0.4, -0.2) is 27.1 Å². The Bertz CT molecular complexity index is 438. The quantitative estimate of drug-likeness (QED) is 0.856. The van der Waals surface area contributed by atoms with Gasteiger partial charge >= 0.3 is 11.9 Å². The van der Waals surface area contributed by atoms with Crippen molar-refractivity contribution in [2.24, 2.45) is 11.3 Å². The van der Waals surface area contributed by atoms with E-state index in [9.17, 15) is 9.59 Å². The molecule has 1 aromatic heterocycles. The lowest BCUT2D eigenvalue weighted by atomic mass is 9.80. The van der Waals surface area contributed by atoms with Crippen LogP contribution in [0, 0.1) is 11.3 Å². The van der Waals surface area contributed by atoms with E-state index in [-0.39, 0.29) is 17.2 Å². The fourth-order valence-electron chi connectivity index (χ4n) is 1.31. The van der Waals surface area contributed by atoms with Gasteiger partial charge in [0.2, 0.25) is 11.5 Å². The molecule has 0 spiro atoms. The summed E-state index contributed by atoms with van der Waals surface area (Å²) in [7, 11) is 0. The van der Waals surface area contributed by atoms with E-state index < -0.39 is 23.4 Å². The average Bonchev–Trinajstić information content (AvgIpc) is 2.60. The van der Waals surface area contributed by atoms with E-state index in [0.717, 1.165) is 0 Å². The van der Waals surface area contributed by atoms with Crippen LogP contribution in [0.2, 0.25) is 0 Å². The van der Waals surface area contributed by atoms with Gasteiger partial charge < -0.3 is 14.6 Å². The number of aromatic nitrogens is 1. The number of carboxylic acids is 2. The number of carbonyl (C=O) groups is 2. The number of oxazole rings is 1. The van der Waals surface area contributed by atoms with Crippen molar-refractivity contribution in [1.29, 1.82) is 0 Å². The van der Waals surface area contributed by atoms with E-state index in [1.54, 1.807) is 0 Å². The smallest absolute Gasteiger partial charge is 0.374 e. The van der Waals surface area contributed by atoms with Crippen LogP contribution in [-0.2, 0) is 6.42 Å². The maximum absolute atomic E-state index is 10.8. The molecule has 0 saturated heterocycles. The predicted octanol–water partition coefficient (Wildman–Crippen LogP) is 2.30. The summed E-state index contributed by atoms with van der Waals surface area (Å²) in [6.45, 7) is 8.09. The molecule has 0 aromatic carbocycles. The van der Waals surface area contributed by atoms with Crippen molar-refractivity contribution < 1.29 is 24.2 Å². The summed E-state index contributed by atoms with van der Waals surface area (Å²) in [5.74, 6) is -3.11. The summed E-state index contributed by atoms with van der Waals surface area (Å²) >= 11 is 0. The molecule has 0 saturated carbocycles. The van der Waals surface area contributed by atoms with Gasteiger partial charge in [0.15, 0.2) is 5.89 Å². The molecular weight excluding hydrogens is 238 g/mol. The molecule has 0 amide bonds. The summed E-state index contributed by atoms with van der Waals surface area (Å²) in [4.78, 5) is 25.4. The predicted molar refractivity (Wildman–Crippen MR) is 62.7 cm³/mol. The molecule has 1 heterocycles. The third kappa shape index (κ3) is 3.09. The Morgan fingerprint density at radius 2 is 1.83 bits per heavy atom. The number of nitrogens with zero attached hydrogens (tertiary/aromatic N) is 1. The van der Waals surface area contributed by atoms with Gasteiger partial charge in [0.25, 0.3) is 0 Å². The Kier molecular flexibility index (Phi) is 3.79. The second-order valence-corrected chi connectivity index (χ2v) is 5.37. The molecule has 18 heavy (non-hydrogen) atoms. The van der Waals surface area contributed by atoms with Crippen molar-refractivity contribution in [3.05, 3.63) is 17.3 Å². The van der Waals surface area contributed by atoms with Gasteiger partial charge in [0.1, 0.15) is 0 Å². The van der Waals surface area contributed by atoms with Crippen LogP contribution in [0.5, 0.6) is 0 Å². The first-order valence-electron chi connectivity index (χ1n) is 5.59. The lowest BCUT2D eigenvalue weighted by Gasteiger charge is -2.25. The van der Waals surface area contributed by atoms with Gasteiger partial charge in [-0.25, -0.2) is 14.6 Å². The zero-order valence-corrected chi connectivity index (χ0v) is 10.9. The molecule has 6 heteroatoms. The minimum Gasteiger partial charge on any atom is -0.476 e. The highest BCUT2D eigenvalue weighted by Gasteiger charge is 2.27. The van der Waals surface area contributed by atoms with Gasteiger partial charge in [0, 0.05) is 6.42 Å². The third-order valence-corrected chi connectivity index (χ3v) is 3.03. The largest absolute Gasteiger partial charge is 0.476 e. The molecular formula is C12H17NO5. The van der Waals surface area contributed by atoms with Crippen LogP contribution in [0.4, 0.5) is 0 Å². The van der Waals surface area contributed by atoms with Crippen LogP contribution >= 0.6 is 0 Å². The average molecular weight is 255 g/mol. The summed E-state index contributed by atoms with van der Waals surface area (Å²) in [6.07, 6.45) is 0.400. The van der Waals surface area contributed by atoms with E-state index in [1.165, 1.54) is 0 Å². The fourth-order valence-corrected chi connectivity index (χ4v) is 1.31. The van der Waals surface area contributed by atoms with E-state index in [4.69, 9.17) is 14.6 Å². The number of hydrogen-bond donors (Lipinski definition) is 2. The summed E-state index contributed by atoms with van der Waals surface area (Å²) in [5, 5.41) is 17.7. The summed E-state index contributed by atoms with van der Waals surface area (Å²) < 4.78 is 5.01. The van der Waals surface area contributed by atoms with Crippen LogP contribution in [0.15, 0.2) is 4.42 Å². The van der Waals surface area contributed by atoms with Gasteiger partial charge in [-0.15, -0.1) is 0 Å². The second kappa shape index (κ2) is 4.80. The van der Waals surface area contributed by atoms with E-state index in [1.807, 2.05) is 27.7 Å². The van der Waals surface area contributed by atoms with Crippen molar-refractivity contribution in [2.75, 3.05) is 0 Å². The van der Waals surface area contributed by atoms with Crippen molar-refractivity contribution in [3.63, 3.8) is 0 Å². The number of aromatic carboxylic acids is 2. The summed E-state index contributed by atoms with van der Waals surface area (Å²) in [6, 6.07) is 0. The highest BCUT2D eigenvalue weighted by molar-refractivity contribution is 5.98. The van der Waals surface area contributed by atoms with Crippen molar-refractivity contribution in [2.45, 2.75) is 34.1 Å². The molecule has 100 valence electrons. The number of rotatable bonds is 4. The molecule has 0 fully saturated rings. The van der Waals surface area contributed by atoms with E-state index >= 15 is 0 Å². The standard InChI is InChI=1S/C12H17NO5/c1-6(12(2,3)4)5-7-13-8(10(14)15)9(18-7)11(16)17/h6H,5H2,1-4H3,(H,14,15)(H,16,17). The van der Waals surface area contributed by atoms with Gasteiger partial charge in [-0.2, -0.15) is 0 Å². The molecule has 1 unspecified atom stereocenters. The molecule has 0 bridgehead atoms. The minimum absolute atomic E-state index is 0.00123. The highest BCUT2D eigenvalue weighted by Crippen LogP contribution is 2.28. The molecule has 6 nitrogen and oxygen atoms in total. The molecule has 1 atom stereocenters. The number of hydrogen-bond acceptors (Lipinski definition) is 4. The first-order chi connectivity index (χ1) is 8.12. The summed E-state index contributed by atoms with van der Waals surface area (Å²) in [5.41, 5.74) is -0.542. The Morgan fingerprint density at radius 3 is 2.17 bits per heavy atom. The topological polar surface area (TPSA) is 101 Å². The van der Waals surface area contributed by atoms with Gasteiger partial charge in [-0.05, 0) is 11.3 Å². The first kappa shape index (κ1) is 14.2. The zero-order valence-electron chi connectivity index (χ0n) is 10.9. The SMILES string of the molecule is CC(Cc1nc(C(=O)O)c(C(=O)O)o1)C(C)(C)C. The normalized spacial score (nSPS) is 13.3. The van der Waals surface area contributed by atoms with E-state index in [0.29, 0.717) is 6.42 Å². The second-order valence-electron chi connectivity index (χ2n) is 5.37. The molecule has 2 N–H and O–H groups in total. The van der Waals surface area contributed by atoms with Crippen molar-refractivity contribution in [3.8, 4) is 0 Å². The lowest BCUT2D eigenvalue weighted by Crippen LogP contribution is -2.19. The molecule has 0 aliphatic rings. The zero-order chi connectivity index (χ0) is 14.1. The Balaban J connectivity index is 3.03. The maximum Gasteiger partial charge on any atom is 0.374 e. The fraction of sp³-hybridized carbons (Fsp3) is 0.583. The Hall–Kier alpha value is -1.85. The van der Waals surface area contributed by atoms with Crippen molar-refractivity contribution >= 4 is 11.9 Å². The highest BCUT2D eigenvalue weighted by atomic mass is 16.4. The first-order valence-corrected chi connectivity index (χ1v) is 5.59. The number of carboxylic acid groups (broad SMARTS) is 2. The molecule has 1 aromatic rings. The van der Waals surface area contributed by atoms with Gasteiger partial charge in [-0.1, -0.05) is 27.7 Å². The Labute approximate surface area is 105 Å². The van der Waals surface area contributed by atoms with Crippen LogP contribution in [0.1, 0.15) is 54.6 Å². The van der Waals surface area contributed by atoms with Gasteiger partial charge in [-0.3, -0.25) is 0 Å². The van der Waals surface area contributed by atoms with E-state index in [2.05, 4.69) is 4.98 Å². The van der Waals surface area contributed by atoms with Crippen molar-refractivity contribution in [1.82, 2.24) is 4.98 Å². The van der Waals surface area contributed by atoms with Gasteiger partial charge in [0.05, 0.1) is 0 Å².